The van der Waals surface area contributed by atoms with Crippen molar-refractivity contribution in [3.05, 3.63) is 11.9 Å². The lowest BCUT2D eigenvalue weighted by atomic mass is 9.88. The molecule has 3 heterocycles. The van der Waals surface area contributed by atoms with Crippen LogP contribution in [0.3, 0.4) is 0 Å². The molecule has 0 N–H and O–H groups in total. The lowest BCUT2D eigenvalue weighted by Gasteiger charge is -2.38. The molecule has 8 heteroatoms. The van der Waals surface area contributed by atoms with Crippen LogP contribution < -0.4 is 9.47 Å². The van der Waals surface area contributed by atoms with E-state index < -0.39 is 6.43 Å². The lowest BCUT2D eigenvalue weighted by molar-refractivity contribution is 0.0398. The normalized spacial score (nSPS) is 25.9. The second-order valence-electron chi connectivity index (χ2n) is 6.34. The summed E-state index contributed by atoms with van der Waals surface area (Å²) in [6.07, 6.45) is 0.552. The van der Waals surface area contributed by atoms with E-state index in [0.29, 0.717) is 12.8 Å². The Morgan fingerprint density at radius 1 is 1.21 bits per heavy atom. The predicted molar refractivity (Wildman–Crippen MR) is 81.5 cm³/mol. The number of piperidine rings is 1. The van der Waals surface area contributed by atoms with E-state index in [1.807, 2.05) is 0 Å². The lowest BCUT2D eigenvalue weighted by Crippen LogP contribution is -2.47. The minimum atomic E-state index is -2.29. The van der Waals surface area contributed by atoms with Crippen LogP contribution in [0, 0.1) is 5.92 Å². The van der Waals surface area contributed by atoms with Crippen LogP contribution in [0.15, 0.2) is 6.07 Å². The first-order valence-corrected chi connectivity index (χ1v) is 8.09. The Balaban J connectivity index is 1.79. The summed E-state index contributed by atoms with van der Waals surface area (Å²) in [5.41, 5.74) is 0. The number of rotatable bonds is 5. The molecule has 0 aromatic carbocycles. The number of amides is 1. The molecule has 2 atom stereocenters. The maximum absolute atomic E-state index is 12.9. The monoisotopic (exact) mass is 341 g/mol. The van der Waals surface area contributed by atoms with Gasteiger partial charge < -0.3 is 14.4 Å². The third-order valence-corrected chi connectivity index (χ3v) is 4.87. The van der Waals surface area contributed by atoms with E-state index in [9.17, 15) is 13.6 Å². The summed E-state index contributed by atoms with van der Waals surface area (Å²) >= 11 is 0. The zero-order chi connectivity index (χ0) is 17.3. The molecule has 3 rings (SSSR count). The van der Waals surface area contributed by atoms with E-state index >= 15 is 0 Å². The van der Waals surface area contributed by atoms with Crippen LogP contribution in [-0.4, -0.2) is 53.5 Å². The number of carbonyl (C=O) groups excluding carboxylic acids is 1. The van der Waals surface area contributed by atoms with Gasteiger partial charge in [-0.1, -0.05) is 0 Å². The highest BCUT2D eigenvalue weighted by Crippen LogP contribution is 2.41. The van der Waals surface area contributed by atoms with Crippen molar-refractivity contribution in [2.45, 2.75) is 50.6 Å². The van der Waals surface area contributed by atoms with Gasteiger partial charge in [0.15, 0.2) is 0 Å². The molecule has 2 bridgehead atoms. The first-order valence-electron chi connectivity index (χ1n) is 8.09. The van der Waals surface area contributed by atoms with Gasteiger partial charge in [-0.05, 0) is 31.6 Å². The third kappa shape index (κ3) is 3.27. The van der Waals surface area contributed by atoms with Crippen molar-refractivity contribution in [2.75, 3.05) is 14.2 Å². The number of alkyl halides is 2. The van der Waals surface area contributed by atoms with E-state index in [4.69, 9.17) is 9.47 Å². The van der Waals surface area contributed by atoms with Gasteiger partial charge in [-0.3, -0.25) is 4.79 Å². The Labute approximate surface area is 139 Å². The molecule has 6 nitrogen and oxygen atoms in total. The topological polar surface area (TPSA) is 64.6 Å². The van der Waals surface area contributed by atoms with Gasteiger partial charge in [-0.2, -0.15) is 9.97 Å². The van der Waals surface area contributed by atoms with Crippen molar-refractivity contribution in [2.24, 2.45) is 5.92 Å². The van der Waals surface area contributed by atoms with Gasteiger partial charge in [-0.15, -0.1) is 0 Å². The largest absolute Gasteiger partial charge is 0.481 e. The second kappa shape index (κ2) is 6.86. The van der Waals surface area contributed by atoms with Crippen molar-refractivity contribution < 1.29 is 23.0 Å². The highest BCUT2D eigenvalue weighted by Gasteiger charge is 2.44. The summed E-state index contributed by atoms with van der Waals surface area (Å²) in [6.45, 7) is 0. The quantitative estimate of drug-likeness (QED) is 0.823. The van der Waals surface area contributed by atoms with Crippen LogP contribution in [0.2, 0.25) is 0 Å². The number of hydrogen-bond donors (Lipinski definition) is 0. The summed E-state index contributed by atoms with van der Waals surface area (Å²) in [4.78, 5) is 22.9. The fourth-order valence-electron chi connectivity index (χ4n) is 3.89. The molecule has 2 aliphatic rings. The number of fused-ring (bicyclic) bond motifs is 2. The zero-order valence-electron chi connectivity index (χ0n) is 13.7. The van der Waals surface area contributed by atoms with Crippen LogP contribution in [0.25, 0.3) is 0 Å². The van der Waals surface area contributed by atoms with Crippen LogP contribution in [0.5, 0.6) is 11.8 Å². The average molecular weight is 341 g/mol. The molecule has 1 aromatic rings. The number of methoxy groups -OCH3 is 2. The summed E-state index contributed by atoms with van der Waals surface area (Å²) in [7, 11) is 2.91. The van der Waals surface area contributed by atoms with Crippen molar-refractivity contribution in [3.63, 3.8) is 0 Å². The summed E-state index contributed by atoms with van der Waals surface area (Å²) in [6, 6.07) is 1.47. The van der Waals surface area contributed by atoms with E-state index in [0.717, 1.165) is 12.8 Å². The Kier molecular flexibility index (Phi) is 4.82. The van der Waals surface area contributed by atoms with Gasteiger partial charge in [0.2, 0.25) is 24.0 Å². The molecule has 0 radical (unpaired) electrons. The second-order valence-corrected chi connectivity index (χ2v) is 6.34. The highest BCUT2D eigenvalue weighted by atomic mass is 19.3. The zero-order valence-corrected chi connectivity index (χ0v) is 13.7. The molecule has 0 aliphatic carbocycles. The molecule has 132 valence electrons. The van der Waals surface area contributed by atoms with Gasteiger partial charge in [0.05, 0.1) is 20.3 Å². The first-order chi connectivity index (χ1) is 11.5. The Morgan fingerprint density at radius 2 is 1.75 bits per heavy atom. The van der Waals surface area contributed by atoms with E-state index in [2.05, 4.69) is 9.97 Å². The van der Waals surface area contributed by atoms with Crippen LogP contribution in [0.4, 0.5) is 8.78 Å². The standard InChI is InChI=1S/C16H21F2N3O3/c1-23-13-8-14(24-2)20-15(19-13)16(22)21-10-3-4-11(21)6-9(5-10)7-12(17)18/h8-12H,3-7H2,1-2H3. The molecule has 0 saturated carbocycles. The molecule has 24 heavy (non-hydrogen) atoms. The van der Waals surface area contributed by atoms with Crippen LogP contribution in [-0.2, 0) is 0 Å². The fraction of sp³-hybridized carbons (Fsp3) is 0.688. The number of carbonyl (C=O) groups is 1. The maximum Gasteiger partial charge on any atom is 0.292 e. The maximum atomic E-state index is 12.9. The van der Waals surface area contributed by atoms with Crippen molar-refractivity contribution >= 4 is 5.91 Å². The minimum absolute atomic E-state index is 0.0132. The molecule has 2 fully saturated rings. The van der Waals surface area contributed by atoms with E-state index in [-0.39, 0.29) is 47.9 Å². The fourth-order valence-corrected chi connectivity index (χ4v) is 3.89. The summed E-state index contributed by atoms with van der Waals surface area (Å²) in [5.74, 6) is 0.230. The van der Waals surface area contributed by atoms with Gasteiger partial charge >= 0.3 is 0 Å². The molecule has 0 spiro atoms. The molecular formula is C16H21F2N3O3. The van der Waals surface area contributed by atoms with Crippen LogP contribution in [0.1, 0.15) is 42.7 Å². The number of hydrogen-bond acceptors (Lipinski definition) is 5. The Morgan fingerprint density at radius 3 is 2.21 bits per heavy atom. The molecule has 1 amide bonds. The van der Waals surface area contributed by atoms with Crippen molar-refractivity contribution in [1.82, 2.24) is 14.9 Å². The molecule has 1 aromatic heterocycles. The van der Waals surface area contributed by atoms with Gasteiger partial charge in [0.1, 0.15) is 0 Å². The Bertz CT molecular complexity index is 578. The van der Waals surface area contributed by atoms with Crippen molar-refractivity contribution in [1.29, 1.82) is 0 Å². The first kappa shape index (κ1) is 16.9. The molecule has 2 aliphatic heterocycles. The predicted octanol–water partition coefficient (Wildman–Crippen LogP) is 2.53. The SMILES string of the molecule is COc1cc(OC)nc(C(=O)N2C3CCC2CC(CC(F)F)C3)n1. The van der Waals surface area contributed by atoms with Crippen LogP contribution >= 0.6 is 0 Å². The third-order valence-electron chi connectivity index (χ3n) is 4.87. The van der Waals surface area contributed by atoms with E-state index in [1.54, 1.807) is 4.90 Å². The summed E-state index contributed by atoms with van der Waals surface area (Å²) < 4.78 is 35.5. The molecule has 2 unspecified atom stereocenters. The number of halogens is 2. The number of aromatic nitrogens is 2. The minimum Gasteiger partial charge on any atom is -0.481 e. The van der Waals surface area contributed by atoms with Gasteiger partial charge in [0.25, 0.3) is 5.91 Å². The smallest absolute Gasteiger partial charge is 0.292 e. The van der Waals surface area contributed by atoms with Crippen molar-refractivity contribution in [3.8, 4) is 11.8 Å². The molecular weight excluding hydrogens is 320 g/mol. The van der Waals surface area contributed by atoms with Gasteiger partial charge in [-0.25, -0.2) is 8.78 Å². The Hall–Kier alpha value is -1.99. The number of nitrogens with zero attached hydrogens (tertiary/aromatic N) is 3. The highest BCUT2D eigenvalue weighted by molar-refractivity contribution is 5.91. The average Bonchev–Trinajstić information content (AvgIpc) is 2.84. The summed E-state index contributed by atoms with van der Waals surface area (Å²) in [5, 5.41) is 0. The van der Waals surface area contributed by atoms with Gasteiger partial charge in [0, 0.05) is 18.5 Å². The van der Waals surface area contributed by atoms with E-state index in [1.165, 1.54) is 20.3 Å². The number of ether oxygens (including phenoxy) is 2. The molecule has 2 saturated heterocycles.